The lowest BCUT2D eigenvalue weighted by Gasteiger charge is -2.13. The summed E-state index contributed by atoms with van der Waals surface area (Å²) in [5.41, 5.74) is 3.31. The number of alkyl halides is 2. The number of hydrogen-bond donors (Lipinski definition) is 0. The molecule has 0 nitrogen and oxygen atoms in total. The van der Waals surface area contributed by atoms with Gasteiger partial charge in [0.1, 0.15) is 5.82 Å². The van der Waals surface area contributed by atoms with Crippen molar-refractivity contribution in [2.75, 3.05) is 0 Å². The Balaban J connectivity index is 1.45. The minimum atomic E-state index is -2.83. The highest BCUT2D eigenvalue weighted by molar-refractivity contribution is 7.15. The van der Waals surface area contributed by atoms with Gasteiger partial charge in [-0.1, -0.05) is 121 Å². The Hall–Kier alpha value is -2.07. The van der Waals surface area contributed by atoms with E-state index in [1.807, 2.05) is 25.1 Å². The summed E-state index contributed by atoms with van der Waals surface area (Å²) in [4.78, 5) is 0.725. The monoisotopic (exact) mass is 542 g/mol. The predicted molar refractivity (Wildman–Crippen MR) is 159 cm³/mol. The molecule has 1 heterocycles. The second kappa shape index (κ2) is 16.1. The van der Waals surface area contributed by atoms with Crippen molar-refractivity contribution in [2.45, 2.75) is 116 Å². The summed E-state index contributed by atoms with van der Waals surface area (Å²) < 4.78 is 43.9. The van der Waals surface area contributed by atoms with Crippen LogP contribution in [0.3, 0.4) is 0 Å². The smallest absolute Gasteiger partial charge is 0.206 e. The van der Waals surface area contributed by atoms with E-state index in [9.17, 15) is 8.78 Å². The minimum absolute atomic E-state index is 0.0545. The van der Waals surface area contributed by atoms with E-state index >= 15 is 4.39 Å². The van der Waals surface area contributed by atoms with Crippen LogP contribution in [0.5, 0.6) is 0 Å². The third kappa shape index (κ3) is 9.59. The van der Waals surface area contributed by atoms with Gasteiger partial charge >= 0.3 is 0 Å². The molecular formula is C34H45F3S. The summed E-state index contributed by atoms with van der Waals surface area (Å²) in [7, 11) is 0. The van der Waals surface area contributed by atoms with Gasteiger partial charge in [-0.3, -0.25) is 0 Å². The van der Waals surface area contributed by atoms with Crippen molar-refractivity contribution in [3.05, 3.63) is 70.9 Å². The minimum Gasteiger partial charge on any atom is -0.206 e. The standard InChI is InChI=1S/C34H45F3S/c1-3-5-7-8-9-10-11-12-13-14-15-16-27-17-19-28(20-18-27)30-22-21-29(26-31(30)35)32-23-24-33(38-32)34(36,37)25-6-4-2/h17-24,26H,3-16,25H2,1-2H3. The van der Waals surface area contributed by atoms with E-state index in [1.165, 1.54) is 88.3 Å². The fourth-order valence-corrected chi connectivity index (χ4v) is 5.96. The van der Waals surface area contributed by atoms with E-state index in [0.717, 1.165) is 29.7 Å². The predicted octanol–water partition coefficient (Wildman–Crippen LogP) is 12.4. The van der Waals surface area contributed by atoms with Crippen LogP contribution < -0.4 is 0 Å². The van der Waals surface area contributed by atoms with Gasteiger partial charge in [-0.25, -0.2) is 13.2 Å². The molecule has 0 atom stereocenters. The van der Waals surface area contributed by atoms with Crippen LogP contribution in [0.4, 0.5) is 13.2 Å². The molecule has 0 saturated carbocycles. The summed E-state index contributed by atoms with van der Waals surface area (Å²) in [5, 5.41) is 0. The van der Waals surface area contributed by atoms with Gasteiger partial charge in [0.15, 0.2) is 0 Å². The van der Waals surface area contributed by atoms with Gasteiger partial charge in [0.05, 0.1) is 4.88 Å². The maximum Gasteiger partial charge on any atom is 0.282 e. The number of rotatable bonds is 18. The van der Waals surface area contributed by atoms with Crippen molar-refractivity contribution >= 4 is 11.3 Å². The molecule has 38 heavy (non-hydrogen) atoms. The fourth-order valence-electron chi connectivity index (χ4n) is 4.96. The zero-order chi connectivity index (χ0) is 27.2. The molecule has 1 aromatic heterocycles. The molecule has 0 aliphatic carbocycles. The quantitative estimate of drug-likeness (QED) is 0.140. The number of halogens is 3. The van der Waals surface area contributed by atoms with Crippen molar-refractivity contribution in [1.29, 1.82) is 0 Å². The van der Waals surface area contributed by atoms with Crippen molar-refractivity contribution in [3.8, 4) is 21.6 Å². The van der Waals surface area contributed by atoms with Crippen molar-refractivity contribution in [2.24, 2.45) is 0 Å². The van der Waals surface area contributed by atoms with Gasteiger partial charge in [-0.2, -0.15) is 0 Å². The van der Waals surface area contributed by atoms with Crippen LogP contribution in [-0.4, -0.2) is 0 Å². The van der Waals surface area contributed by atoms with E-state index in [0.29, 0.717) is 22.4 Å². The maximum absolute atomic E-state index is 15.0. The topological polar surface area (TPSA) is 0 Å². The molecule has 0 saturated heterocycles. The van der Waals surface area contributed by atoms with E-state index in [4.69, 9.17) is 0 Å². The SMILES string of the molecule is CCCCCCCCCCCCCc1ccc(-c2ccc(-c3ccc(C(F)(F)CCCC)s3)cc2F)cc1. The van der Waals surface area contributed by atoms with Crippen LogP contribution in [0.15, 0.2) is 54.6 Å². The van der Waals surface area contributed by atoms with Crippen LogP contribution in [0.2, 0.25) is 0 Å². The van der Waals surface area contributed by atoms with Crippen LogP contribution in [-0.2, 0) is 12.3 Å². The first-order valence-corrected chi connectivity index (χ1v) is 15.6. The molecule has 0 fully saturated rings. The first-order valence-electron chi connectivity index (χ1n) is 14.8. The van der Waals surface area contributed by atoms with E-state index in [-0.39, 0.29) is 17.1 Å². The molecule has 0 N–H and O–H groups in total. The highest BCUT2D eigenvalue weighted by Crippen LogP contribution is 2.41. The molecule has 0 radical (unpaired) electrons. The van der Waals surface area contributed by atoms with Crippen LogP contribution in [0, 0.1) is 5.82 Å². The third-order valence-corrected chi connectivity index (χ3v) is 8.64. The van der Waals surface area contributed by atoms with Crippen LogP contribution in [0.1, 0.15) is 114 Å². The molecule has 0 unspecified atom stereocenters. The lowest BCUT2D eigenvalue weighted by atomic mass is 9.99. The van der Waals surface area contributed by atoms with Gasteiger partial charge in [-0.05, 0) is 54.2 Å². The lowest BCUT2D eigenvalue weighted by Crippen LogP contribution is -2.10. The number of unbranched alkanes of at least 4 members (excludes halogenated alkanes) is 11. The third-order valence-electron chi connectivity index (χ3n) is 7.40. The number of hydrogen-bond acceptors (Lipinski definition) is 1. The molecule has 3 rings (SSSR count). The number of benzene rings is 2. The zero-order valence-corrected chi connectivity index (χ0v) is 24.2. The molecule has 0 bridgehead atoms. The number of aryl methyl sites for hydroxylation is 1. The van der Waals surface area contributed by atoms with Crippen LogP contribution >= 0.6 is 11.3 Å². The molecule has 0 spiro atoms. The first-order chi connectivity index (χ1) is 18.4. The fraction of sp³-hybridized carbons (Fsp3) is 0.529. The Morgan fingerprint density at radius 1 is 0.632 bits per heavy atom. The molecule has 3 aromatic rings. The van der Waals surface area contributed by atoms with Crippen molar-refractivity contribution in [3.63, 3.8) is 0 Å². The Bertz CT molecular complexity index is 1070. The van der Waals surface area contributed by atoms with Crippen molar-refractivity contribution < 1.29 is 13.2 Å². The van der Waals surface area contributed by atoms with Crippen LogP contribution in [0.25, 0.3) is 21.6 Å². The van der Waals surface area contributed by atoms with Gasteiger partial charge in [-0.15, -0.1) is 11.3 Å². The Morgan fingerprint density at radius 2 is 1.21 bits per heavy atom. The first kappa shape index (κ1) is 30.5. The molecular weight excluding hydrogens is 497 g/mol. The Labute approximate surface area is 232 Å². The molecule has 208 valence electrons. The second-order valence-corrected chi connectivity index (χ2v) is 11.7. The van der Waals surface area contributed by atoms with Crippen molar-refractivity contribution in [1.82, 2.24) is 0 Å². The molecule has 2 aromatic carbocycles. The molecule has 4 heteroatoms. The van der Waals surface area contributed by atoms with Gasteiger partial charge in [0.25, 0.3) is 5.92 Å². The number of thiophene rings is 1. The molecule has 0 aliphatic heterocycles. The van der Waals surface area contributed by atoms with Gasteiger partial charge in [0.2, 0.25) is 0 Å². The average molecular weight is 543 g/mol. The second-order valence-electron chi connectivity index (χ2n) is 10.6. The normalized spacial score (nSPS) is 11.8. The summed E-state index contributed by atoms with van der Waals surface area (Å²) in [6.07, 6.45) is 16.9. The Morgan fingerprint density at radius 3 is 1.82 bits per heavy atom. The van der Waals surface area contributed by atoms with Gasteiger partial charge in [0, 0.05) is 16.9 Å². The van der Waals surface area contributed by atoms with E-state index in [2.05, 4.69) is 19.1 Å². The largest absolute Gasteiger partial charge is 0.282 e. The van der Waals surface area contributed by atoms with Gasteiger partial charge < -0.3 is 0 Å². The zero-order valence-electron chi connectivity index (χ0n) is 23.3. The lowest BCUT2D eigenvalue weighted by molar-refractivity contribution is -0.0116. The summed E-state index contributed by atoms with van der Waals surface area (Å²) >= 11 is 1.06. The highest BCUT2D eigenvalue weighted by Gasteiger charge is 2.32. The maximum atomic E-state index is 15.0. The Kier molecular flexibility index (Phi) is 12.9. The summed E-state index contributed by atoms with van der Waals surface area (Å²) in [6.45, 7) is 4.17. The summed E-state index contributed by atoms with van der Waals surface area (Å²) in [5.74, 6) is -3.15. The van der Waals surface area contributed by atoms with E-state index in [1.54, 1.807) is 12.1 Å². The molecule has 0 aliphatic rings. The van der Waals surface area contributed by atoms with E-state index < -0.39 is 5.92 Å². The average Bonchev–Trinajstić information content (AvgIpc) is 3.43. The highest BCUT2D eigenvalue weighted by atomic mass is 32.1. The summed E-state index contributed by atoms with van der Waals surface area (Å²) in [6, 6.07) is 16.4. The molecule has 0 amide bonds.